The van der Waals surface area contributed by atoms with Gasteiger partial charge in [-0.2, -0.15) is 5.10 Å². The largest absolute Gasteiger partial charge is 0.248 e. The van der Waals surface area contributed by atoms with E-state index in [-0.39, 0.29) is 0 Å². The Morgan fingerprint density at radius 1 is 0.583 bits per heavy atom. The quantitative estimate of drug-likeness (QED) is 0.543. The molecule has 0 aliphatic rings. The van der Waals surface area contributed by atoms with Crippen LogP contribution < -0.4 is 0 Å². The third-order valence-corrected chi connectivity index (χ3v) is 4.05. The molecule has 1 aromatic heterocycles. The molecule has 0 spiro atoms. The second-order valence-corrected chi connectivity index (χ2v) is 5.69. The van der Waals surface area contributed by atoms with Crippen LogP contribution in [0, 0.1) is 0 Å². The minimum atomic E-state index is 0.750. The van der Waals surface area contributed by atoms with Crippen molar-refractivity contribution in [2.75, 3.05) is 0 Å². The molecule has 3 heteroatoms. The van der Waals surface area contributed by atoms with Crippen LogP contribution >= 0.6 is 0 Å². The van der Waals surface area contributed by atoms with Crippen molar-refractivity contribution in [1.82, 2.24) is 14.8 Å². The molecule has 3 nitrogen and oxygen atoms in total. The molecule has 0 N–H and O–H groups in total. The maximum atomic E-state index is 4.70. The van der Waals surface area contributed by atoms with Crippen LogP contribution in [0.15, 0.2) is 84.9 Å². The van der Waals surface area contributed by atoms with Gasteiger partial charge in [-0.25, -0.2) is 9.67 Å². The molecule has 0 radical (unpaired) electrons. The SMILES string of the molecule is Cn1nc(-c2ccccc2)nc1-c1ccc(-c2ccccc2)cc1. The van der Waals surface area contributed by atoms with Crippen molar-refractivity contribution in [3.8, 4) is 33.9 Å². The smallest absolute Gasteiger partial charge is 0.181 e. The van der Waals surface area contributed by atoms with Crippen molar-refractivity contribution in [2.45, 2.75) is 0 Å². The lowest BCUT2D eigenvalue weighted by molar-refractivity contribution is 0.777. The van der Waals surface area contributed by atoms with Crippen molar-refractivity contribution in [3.63, 3.8) is 0 Å². The van der Waals surface area contributed by atoms with E-state index in [0.717, 1.165) is 22.8 Å². The molecule has 0 aliphatic heterocycles. The van der Waals surface area contributed by atoms with Crippen LogP contribution in [0.5, 0.6) is 0 Å². The van der Waals surface area contributed by atoms with Gasteiger partial charge >= 0.3 is 0 Å². The molecule has 3 aromatic carbocycles. The highest BCUT2D eigenvalue weighted by molar-refractivity contribution is 5.68. The molecule has 0 saturated carbocycles. The molecule has 0 saturated heterocycles. The summed E-state index contributed by atoms with van der Waals surface area (Å²) in [5.74, 6) is 1.62. The molecular formula is C21H17N3. The highest BCUT2D eigenvalue weighted by Crippen LogP contribution is 2.25. The minimum Gasteiger partial charge on any atom is -0.248 e. The van der Waals surface area contributed by atoms with Crippen LogP contribution in [-0.2, 0) is 7.05 Å². The number of rotatable bonds is 3. The van der Waals surface area contributed by atoms with E-state index in [4.69, 9.17) is 4.98 Å². The first-order chi connectivity index (χ1) is 11.8. The molecule has 0 fully saturated rings. The summed E-state index contributed by atoms with van der Waals surface area (Å²) in [5.41, 5.74) is 4.50. The van der Waals surface area contributed by atoms with Gasteiger partial charge in [0.25, 0.3) is 0 Å². The first-order valence-corrected chi connectivity index (χ1v) is 7.93. The van der Waals surface area contributed by atoms with Crippen molar-refractivity contribution in [3.05, 3.63) is 84.9 Å². The van der Waals surface area contributed by atoms with Crippen LogP contribution in [0.25, 0.3) is 33.9 Å². The Morgan fingerprint density at radius 3 is 1.71 bits per heavy atom. The number of hydrogen-bond acceptors (Lipinski definition) is 2. The van der Waals surface area contributed by atoms with Gasteiger partial charge in [-0.05, 0) is 11.1 Å². The number of benzene rings is 3. The van der Waals surface area contributed by atoms with Crippen molar-refractivity contribution in [1.29, 1.82) is 0 Å². The van der Waals surface area contributed by atoms with Gasteiger partial charge in [0.2, 0.25) is 0 Å². The van der Waals surface area contributed by atoms with E-state index < -0.39 is 0 Å². The van der Waals surface area contributed by atoms with Gasteiger partial charge in [0.1, 0.15) is 0 Å². The fourth-order valence-corrected chi connectivity index (χ4v) is 2.79. The van der Waals surface area contributed by atoms with Crippen LogP contribution in [0.2, 0.25) is 0 Å². The van der Waals surface area contributed by atoms with Crippen LogP contribution in [0.4, 0.5) is 0 Å². The molecule has 0 aliphatic carbocycles. The van der Waals surface area contributed by atoms with E-state index in [2.05, 4.69) is 53.6 Å². The third kappa shape index (κ3) is 2.72. The fraction of sp³-hybridized carbons (Fsp3) is 0.0476. The van der Waals surface area contributed by atoms with Crippen LogP contribution in [0.1, 0.15) is 0 Å². The zero-order valence-corrected chi connectivity index (χ0v) is 13.4. The Kier molecular flexibility index (Phi) is 3.67. The first kappa shape index (κ1) is 14.4. The molecule has 0 unspecified atom stereocenters. The predicted molar refractivity (Wildman–Crippen MR) is 97.3 cm³/mol. The highest BCUT2D eigenvalue weighted by Gasteiger charge is 2.11. The van der Waals surface area contributed by atoms with Crippen LogP contribution in [0.3, 0.4) is 0 Å². The van der Waals surface area contributed by atoms with E-state index in [1.807, 2.05) is 48.1 Å². The molecule has 4 rings (SSSR count). The molecule has 4 aromatic rings. The highest BCUT2D eigenvalue weighted by atomic mass is 15.3. The van der Waals surface area contributed by atoms with Crippen molar-refractivity contribution >= 4 is 0 Å². The maximum Gasteiger partial charge on any atom is 0.181 e. The summed E-state index contributed by atoms with van der Waals surface area (Å²) >= 11 is 0. The van der Waals surface area contributed by atoms with Crippen molar-refractivity contribution < 1.29 is 0 Å². The molecule has 0 amide bonds. The standard InChI is InChI=1S/C21H17N3/c1-24-21(22-20(23-24)18-10-6-3-7-11-18)19-14-12-17(13-15-19)16-8-4-2-5-9-16/h2-15H,1H3. The normalized spacial score (nSPS) is 10.7. The molecule has 0 atom stereocenters. The summed E-state index contributed by atoms with van der Waals surface area (Å²) in [6.45, 7) is 0. The lowest BCUT2D eigenvalue weighted by atomic mass is 10.0. The zero-order valence-electron chi connectivity index (χ0n) is 13.4. The molecule has 0 bridgehead atoms. The Labute approximate surface area is 141 Å². The van der Waals surface area contributed by atoms with E-state index in [1.54, 1.807) is 0 Å². The van der Waals surface area contributed by atoms with E-state index >= 15 is 0 Å². The third-order valence-electron chi connectivity index (χ3n) is 4.05. The number of nitrogens with zero attached hydrogens (tertiary/aromatic N) is 3. The number of aromatic nitrogens is 3. The monoisotopic (exact) mass is 311 g/mol. The summed E-state index contributed by atoms with van der Waals surface area (Å²) in [5, 5.41) is 4.54. The summed E-state index contributed by atoms with van der Waals surface area (Å²) in [4.78, 5) is 4.70. The van der Waals surface area contributed by atoms with Gasteiger partial charge in [0.05, 0.1) is 0 Å². The topological polar surface area (TPSA) is 30.7 Å². The van der Waals surface area contributed by atoms with Gasteiger partial charge in [-0.3, -0.25) is 0 Å². The summed E-state index contributed by atoms with van der Waals surface area (Å²) in [7, 11) is 1.93. The van der Waals surface area contributed by atoms with Crippen LogP contribution in [-0.4, -0.2) is 14.8 Å². The Balaban J connectivity index is 1.68. The summed E-state index contributed by atoms with van der Waals surface area (Å²) in [6.07, 6.45) is 0. The Morgan fingerprint density at radius 2 is 1.08 bits per heavy atom. The van der Waals surface area contributed by atoms with Gasteiger partial charge < -0.3 is 0 Å². The second kappa shape index (κ2) is 6.13. The predicted octanol–water partition coefficient (Wildman–Crippen LogP) is 4.82. The average molecular weight is 311 g/mol. The molecular weight excluding hydrogens is 294 g/mol. The number of hydrogen-bond donors (Lipinski definition) is 0. The molecule has 24 heavy (non-hydrogen) atoms. The fourth-order valence-electron chi connectivity index (χ4n) is 2.79. The van der Waals surface area contributed by atoms with E-state index in [9.17, 15) is 0 Å². The number of aryl methyl sites for hydroxylation is 1. The summed E-state index contributed by atoms with van der Waals surface area (Å²) in [6, 6.07) is 28.9. The van der Waals surface area contributed by atoms with Crippen molar-refractivity contribution in [2.24, 2.45) is 7.05 Å². The lowest BCUT2D eigenvalue weighted by Gasteiger charge is -2.04. The Bertz CT molecular complexity index is 940. The zero-order chi connectivity index (χ0) is 16.4. The summed E-state index contributed by atoms with van der Waals surface area (Å²) < 4.78 is 1.83. The van der Waals surface area contributed by atoms with Gasteiger partial charge in [0.15, 0.2) is 11.6 Å². The van der Waals surface area contributed by atoms with E-state index in [1.165, 1.54) is 11.1 Å². The minimum absolute atomic E-state index is 0.750. The van der Waals surface area contributed by atoms with Gasteiger partial charge in [-0.15, -0.1) is 0 Å². The second-order valence-electron chi connectivity index (χ2n) is 5.69. The lowest BCUT2D eigenvalue weighted by Crippen LogP contribution is -1.94. The van der Waals surface area contributed by atoms with Gasteiger partial charge in [-0.1, -0.05) is 84.9 Å². The average Bonchev–Trinajstić information content (AvgIpc) is 3.05. The maximum absolute atomic E-state index is 4.70. The molecule has 1 heterocycles. The molecule has 116 valence electrons. The van der Waals surface area contributed by atoms with E-state index in [0.29, 0.717) is 0 Å². The van der Waals surface area contributed by atoms with Gasteiger partial charge in [0, 0.05) is 18.2 Å². The Hall–Kier alpha value is -3.20. The first-order valence-electron chi connectivity index (χ1n) is 7.93.